The van der Waals surface area contributed by atoms with Crippen LogP contribution in [0.1, 0.15) is 18.9 Å². The molecule has 0 fully saturated rings. The van der Waals surface area contributed by atoms with Crippen molar-refractivity contribution >= 4 is 40.5 Å². The molecule has 0 amide bonds. The maximum atomic E-state index is 12.4. The van der Waals surface area contributed by atoms with Crippen LogP contribution in [0.2, 0.25) is 5.02 Å². The van der Waals surface area contributed by atoms with Crippen LogP contribution in [0.15, 0.2) is 39.0 Å². The highest BCUT2D eigenvalue weighted by molar-refractivity contribution is 8.00. The van der Waals surface area contributed by atoms with E-state index in [9.17, 15) is 19.5 Å². The molecule has 0 radical (unpaired) electrons. The number of thioether (sulfide) groups is 1. The number of carbonyl (C=O) groups is 1. The van der Waals surface area contributed by atoms with Gasteiger partial charge in [0.25, 0.3) is 5.56 Å². The monoisotopic (exact) mass is 408 g/mol. The number of benzene rings is 1. The van der Waals surface area contributed by atoms with Gasteiger partial charge in [-0.05, 0) is 24.1 Å². The molecule has 0 aliphatic carbocycles. The van der Waals surface area contributed by atoms with Crippen LogP contribution in [0.3, 0.4) is 0 Å². The Morgan fingerprint density at radius 1 is 1.33 bits per heavy atom. The quantitative estimate of drug-likeness (QED) is 0.604. The molecule has 0 aliphatic rings. The van der Waals surface area contributed by atoms with Gasteiger partial charge in [0.15, 0.2) is 16.3 Å². The van der Waals surface area contributed by atoms with Crippen molar-refractivity contribution in [1.29, 1.82) is 0 Å². The molecule has 3 rings (SSSR count). The number of aromatic nitrogens is 4. The molecule has 2 N–H and O–H groups in total. The van der Waals surface area contributed by atoms with Gasteiger partial charge in [-0.3, -0.25) is 19.1 Å². The number of carboxylic acid groups (broad SMARTS) is 1. The Kier molecular flexibility index (Phi) is 5.43. The van der Waals surface area contributed by atoms with Crippen molar-refractivity contribution in [3.63, 3.8) is 0 Å². The lowest BCUT2D eigenvalue weighted by Gasteiger charge is -2.12. The number of imidazole rings is 1. The molecule has 142 valence electrons. The van der Waals surface area contributed by atoms with Gasteiger partial charge in [-0.25, -0.2) is 9.78 Å². The Morgan fingerprint density at radius 2 is 2.00 bits per heavy atom. The van der Waals surface area contributed by atoms with Gasteiger partial charge in [0.2, 0.25) is 0 Å². The Hall–Kier alpha value is -2.52. The molecule has 8 nitrogen and oxygen atoms in total. The standard InChI is InChI=1S/C17H17ClN4O4S/c1-3-11(15(24)25)27-17-19-13-12(14(23)20-16(26)21(13)2)22(17)8-9-4-6-10(18)7-5-9/h4-7,11H,3,8H2,1-2H3,(H,24,25)(H,20,23,26)/t11-/m0/s1. The van der Waals surface area contributed by atoms with Crippen molar-refractivity contribution in [1.82, 2.24) is 19.1 Å². The van der Waals surface area contributed by atoms with Crippen LogP contribution in [-0.4, -0.2) is 35.4 Å². The van der Waals surface area contributed by atoms with E-state index in [0.717, 1.165) is 17.3 Å². The first-order chi connectivity index (χ1) is 12.8. The van der Waals surface area contributed by atoms with Gasteiger partial charge in [-0.2, -0.15) is 0 Å². The fraction of sp³-hybridized carbons (Fsp3) is 0.294. The van der Waals surface area contributed by atoms with E-state index in [-0.39, 0.29) is 17.7 Å². The Morgan fingerprint density at radius 3 is 2.59 bits per heavy atom. The third kappa shape index (κ3) is 3.79. The van der Waals surface area contributed by atoms with Crippen molar-refractivity contribution in [2.45, 2.75) is 30.3 Å². The Balaban J connectivity index is 2.20. The smallest absolute Gasteiger partial charge is 0.329 e. The number of halogens is 1. The Bertz CT molecular complexity index is 1120. The van der Waals surface area contributed by atoms with Gasteiger partial charge in [-0.1, -0.05) is 42.4 Å². The minimum Gasteiger partial charge on any atom is -0.480 e. The molecule has 2 aromatic heterocycles. The number of aryl methyl sites for hydroxylation is 1. The topological polar surface area (TPSA) is 110 Å². The maximum Gasteiger partial charge on any atom is 0.329 e. The number of carboxylic acids is 1. The molecule has 0 bridgehead atoms. The van der Waals surface area contributed by atoms with Crippen LogP contribution >= 0.6 is 23.4 Å². The predicted octanol–water partition coefficient (Wildman–Crippen LogP) is 2.08. The van der Waals surface area contributed by atoms with Crippen molar-refractivity contribution in [3.8, 4) is 0 Å². The summed E-state index contributed by atoms with van der Waals surface area (Å²) in [4.78, 5) is 42.5. The van der Waals surface area contributed by atoms with Crippen molar-refractivity contribution in [2.24, 2.45) is 7.05 Å². The Labute approximate surface area is 162 Å². The number of nitrogens with zero attached hydrogens (tertiary/aromatic N) is 3. The van der Waals surface area contributed by atoms with Gasteiger partial charge >= 0.3 is 11.7 Å². The summed E-state index contributed by atoms with van der Waals surface area (Å²) in [5, 5.41) is 9.60. The first-order valence-corrected chi connectivity index (χ1v) is 9.41. The fourth-order valence-electron chi connectivity index (χ4n) is 2.66. The molecule has 2 heterocycles. The van der Waals surface area contributed by atoms with Gasteiger partial charge in [-0.15, -0.1) is 0 Å². The zero-order chi connectivity index (χ0) is 19.7. The molecular formula is C17H17ClN4O4S. The van der Waals surface area contributed by atoms with Crippen LogP contribution in [-0.2, 0) is 18.4 Å². The number of fused-ring (bicyclic) bond motifs is 1. The molecular weight excluding hydrogens is 392 g/mol. The lowest BCUT2D eigenvalue weighted by molar-refractivity contribution is -0.136. The lowest BCUT2D eigenvalue weighted by Crippen LogP contribution is -2.29. The largest absolute Gasteiger partial charge is 0.480 e. The van der Waals surface area contributed by atoms with E-state index in [4.69, 9.17) is 11.6 Å². The average Bonchev–Trinajstić information content (AvgIpc) is 2.98. The van der Waals surface area contributed by atoms with E-state index >= 15 is 0 Å². The van der Waals surface area contributed by atoms with Crippen LogP contribution < -0.4 is 11.2 Å². The van der Waals surface area contributed by atoms with Gasteiger partial charge in [0, 0.05) is 12.1 Å². The summed E-state index contributed by atoms with van der Waals surface area (Å²) in [5.41, 5.74) is 0.141. The SMILES string of the molecule is CC[C@H](Sc1nc2c(c(=O)[nH]c(=O)n2C)n1Cc1ccc(Cl)cc1)C(=O)O. The summed E-state index contributed by atoms with van der Waals surface area (Å²) in [6, 6.07) is 7.09. The highest BCUT2D eigenvalue weighted by Crippen LogP contribution is 2.28. The number of rotatable bonds is 6. The third-order valence-corrected chi connectivity index (χ3v) is 5.71. The zero-order valence-corrected chi connectivity index (χ0v) is 16.2. The summed E-state index contributed by atoms with van der Waals surface area (Å²) in [6.07, 6.45) is 0.388. The summed E-state index contributed by atoms with van der Waals surface area (Å²) >= 11 is 6.98. The zero-order valence-electron chi connectivity index (χ0n) is 14.6. The molecule has 0 saturated heterocycles. The van der Waals surface area contributed by atoms with Crippen LogP contribution in [0.5, 0.6) is 0 Å². The second-order valence-corrected chi connectivity index (χ2v) is 7.56. The molecule has 27 heavy (non-hydrogen) atoms. The first kappa shape index (κ1) is 19.2. The molecule has 0 aliphatic heterocycles. The predicted molar refractivity (Wildman–Crippen MR) is 104 cm³/mol. The van der Waals surface area contributed by atoms with Crippen molar-refractivity contribution in [3.05, 3.63) is 55.7 Å². The van der Waals surface area contributed by atoms with E-state index in [1.54, 1.807) is 23.6 Å². The molecule has 1 atom stereocenters. The summed E-state index contributed by atoms with van der Waals surface area (Å²) in [7, 11) is 1.50. The van der Waals surface area contributed by atoms with Gasteiger partial charge in [0.05, 0.1) is 6.54 Å². The lowest BCUT2D eigenvalue weighted by atomic mass is 10.2. The minimum absolute atomic E-state index is 0.209. The first-order valence-electron chi connectivity index (χ1n) is 8.15. The van der Waals surface area contributed by atoms with E-state index < -0.39 is 22.5 Å². The second-order valence-electron chi connectivity index (χ2n) is 5.95. The number of hydrogen-bond acceptors (Lipinski definition) is 5. The van der Waals surface area contributed by atoms with Gasteiger partial charge in [0.1, 0.15) is 5.25 Å². The number of hydrogen-bond donors (Lipinski definition) is 2. The summed E-state index contributed by atoms with van der Waals surface area (Å²) in [6.45, 7) is 2.05. The second kappa shape index (κ2) is 7.61. The number of aliphatic carboxylic acids is 1. The summed E-state index contributed by atoms with van der Waals surface area (Å²) in [5.74, 6) is -0.963. The molecule has 10 heteroatoms. The minimum atomic E-state index is -0.963. The number of H-pyrrole nitrogens is 1. The molecule has 1 aromatic carbocycles. The van der Waals surface area contributed by atoms with Crippen LogP contribution in [0.4, 0.5) is 0 Å². The van der Waals surface area contributed by atoms with Gasteiger partial charge < -0.3 is 9.67 Å². The van der Waals surface area contributed by atoms with E-state index in [1.807, 2.05) is 12.1 Å². The van der Waals surface area contributed by atoms with Crippen LogP contribution in [0.25, 0.3) is 11.2 Å². The summed E-state index contributed by atoms with van der Waals surface area (Å²) < 4.78 is 2.87. The van der Waals surface area contributed by atoms with Crippen molar-refractivity contribution in [2.75, 3.05) is 0 Å². The van der Waals surface area contributed by atoms with E-state index in [2.05, 4.69) is 9.97 Å². The highest BCUT2D eigenvalue weighted by Gasteiger charge is 2.23. The van der Waals surface area contributed by atoms with E-state index in [1.165, 1.54) is 11.6 Å². The normalized spacial score (nSPS) is 12.4. The molecule has 3 aromatic rings. The fourth-order valence-corrected chi connectivity index (χ4v) is 3.73. The van der Waals surface area contributed by atoms with Crippen molar-refractivity contribution < 1.29 is 9.90 Å². The molecule has 0 unspecified atom stereocenters. The number of nitrogens with one attached hydrogen (secondary N) is 1. The average molecular weight is 409 g/mol. The maximum absolute atomic E-state index is 12.4. The third-order valence-electron chi connectivity index (χ3n) is 4.12. The number of aromatic amines is 1. The molecule has 0 spiro atoms. The highest BCUT2D eigenvalue weighted by atomic mass is 35.5. The van der Waals surface area contributed by atoms with E-state index in [0.29, 0.717) is 16.6 Å². The molecule has 0 saturated carbocycles. The van der Waals surface area contributed by atoms with Crippen LogP contribution in [0, 0.1) is 0 Å².